The van der Waals surface area contributed by atoms with Gasteiger partial charge < -0.3 is 14.6 Å². The highest BCUT2D eigenvalue weighted by molar-refractivity contribution is 5.83. The van der Waals surface area contributed by atoms with Crippen LogP contribution in [0.5, 0.6) is 0 Å². The minimum Gasteiger partial charge on any atom is -0.469 e. The fraction of sp³-hybridized carbons (Fsp3) is 0.471. The zero-order valence-corrected chi connectivity index (χ0v) is 13.2. The van der Waals surface area contributed by atoms with E-state index in [1.165, 1.54) is 0 Å². The summed E-state index contributed by atoms with van der Waals surface area (Å²) in [6, 6.07) is 5.86. The lowest BCUT2D eigenvalue weighted by Gasteiger charge is -2.28. The van der Waals surface area contributed by atoms with Gasteiger partial charge in [-0.05, 0) is 37.1 Å². The van der Waals surface area contributed by atoms with E-state index in [9.17, 15) is 4.79 Å². The van der Waals surface area contributed by atoms with E-state index >= 15 is 0 Å². The number of hydrogen-bond donors (Lipinski definition) is 1. The Hall–Kier alpha value is -2.37. The van der Waals surface area contributed by atoms with Gasteiger partial charge in [0.05, 0.1) is 12.0 Å². The van der Waals surface area contributed by atoms with Gasteiger partial charge in [0.25, 0.3) is 0 Å². The SMILES string of the molecule is CCNc1cc2c(nn1)CCN(C(=O)C1CC1c1ccco1)C2. The van der Waals surface area contributed by atoms with Crippen LogP contribution in [0.25, 0.3) is 0 Å². The first-order chi connectivity index (χ1) is 11.3. The number of anilines is 1. The minimum absolute atomic E-state index is 0.0748. The highest BCUT2D eigenvalue weighted by Gasteiger charge is 2.47. The number of amides is 1. The van der Waals surface area contributed by atoms with Crippen LogP contribution in [0, 0.1) is 5.92 Å². The van der Waals surface area contributed by atoms with Crippen molar-refractivity contribution in [3.8, 4) is 0 Å². The van der Waals surface area contributed by atoms with E-state index in [-0.39, 0.29) is 17.7 Å². The second kappa shape index (κ2) is 5.68. The van der Waals surface area contributed by atoms with E-state index in [4.69, 9.17) is 4.42 Å². The number of carbonyl (C=O) groups excluding carboxylic acids is 1. The molecule has 6 nitrogen and oxygen atoms in total. The number of hydrogen-bond acceptors (Lipinski definition) is 5. The smallest absolute Gasteiger partial charge is 0.226 e. The molecule has 120 valence electrons. The maximum atomic E-state index is 12.7. The molecule has 0 aromatic carbocycles. The summed E-state index contributed by atoms with van der Waals surface area (Å²) in [5.41, 5.74) is 2.11. The second-order valence-electron chi connectivity index (χ2n) is 6.21. The summed E-state index contributed by atoms with van der Waals surface area (Å²) in [7, 11) is 0. The molecule has 1 amide bonds. The average molecular weight is 312 g/mol. The predicted octanol–water partition coefficient (Wildman–Crippen LogP) is 2.19. The Kier molecular flexibility index (Phi) is 3.52. The van der Waals surface area contributed by atoms with Gasteiger partial charge >= 0.3 is 0 Å². The Labute approximate surface area is 134 Å². The molecule has 1 N–H and O–H groups in total. The number of nitrogens with one attached hydrogen (secondary N) is 1. The molecule has 0 radical (unpaired) electrons. The molecule has 23 heavy (non-hydrogen) atoms. The lowest BCUT2D eigenvalue weighted by atomic mass is 10.1. The van der Waals surface area contributed by atoms with Crippen LogP contribution in [0.4, 0.5) is 5.82 Å². The van der Waals surface area contributed by atoms with Crippen LogP contribution in [-0.4, -0.2) is 34.1 Å². The number of nitrogens with zero attached hydrogens (tertiary/aromatic N) is 3. The minimum atomic E-state index is 0.0748. The topological polar surface area (TPSA) is 71.3 Å². The maximum absolute atomic E-state index is 12.7. The maximum Gasteiger partial charge on any atom is 0.226 e. The van der Waals surface area contributed by atoms with Crippen molar-refractivity contribution in [2.24, 2.45) is 5.92 Å². The number of aromatic nitrogens is 2. The molecule has 2 unspecified atom stereocenters. The normalized spacial score (nSPS) is 22.6. The highest BCUT2D eigenvalue weighted by atomic mass is 16.3. The van der Waals surface area contributed by atoms with Crippen molar-refractivity contribution in [3.63, 3.8) is 0 Å². The summed E-state index contributed by atoms with van der Waals surface area (Å²) in [4.78, 5) is 14.7. The van der Waals surface area contributed by atoms with Crippen molar-refractivity contribution in [3.05, 3.63) is 41.5 Å². The van der Waals surface area contributed by atoms with Crippen molar-refractivity contribution in [1.29, 1.82) is 0 Å². The summed E-state index contributed by atoms with van der Waals surface area (Å²) < 4.78 is 5.43. The number of carbonyl (C=O) groups is 1. The molecule has 4 rings (SSSR count). The van der Waals surface area contributed by atoms with Crippen LogP contribution >= 0.6 is 0 Å². The third kappa shape index (κ3) is 2.69. The Bertz CT molecular complexity index is 713. The molecule has 1 fully saturated rings. The van der Waals surface area contributed by atoms with Gasteiger partial charge in [-0.3, -0.25) is 4.79 Å². The number of furan rings is 1. The standard InChI is InChI=1S/C17H20N4O2/c1-2-18-16-8-11-10-21(6-5-14(11)19-20-16)17(22)13-9-12(13)15-4-3-7-23-15/h3-4,7-8,12-13H,2,5-6,9-10H2,1H3,(H,18,20). The molecule has 3 heterocycles. The zero-order valence-electron chi connectivity index (χ0n) is 13.2. The molecule has 2 aromatic rings. The summed E-state index contributed by atoms with van der Waals surface area (Å²) in [6.45, 7) is 4.19. The molecule has 1 aliphatic heterocycles. The van der Waals surface area contributed by atoms with Gasteiger partial charge in [-0.2, -0.15) is 5.10 Å². The number of rotatable bonds is 4. The first-order valence-electron chi connectivity index (χ1n) is 8.17. The van der Waals surface area contributed by atoms with E-state index in [0.717, 1.165) is 48.8 Å². The van der Waals surface area contributed by atoms with Crippen LogP contribution < -0.4 is 5.32 Å². The van der Waals surface area contributed by atoms with Gasteiger partial charge in [0.1, 0.15) is 11.6 Å². The first kappa shape index (κ1) is 14.2. The molecule has 2 atom stereocenters. The fourth-order valence-corrected chi connectivity index (χ4v) is 3.30. The molecule has 6 heteroatoms. The largest absolute Gasteiger partial charge is 0.469 e. The van der Waals surface area contributed by atoms with Crippen molar-refractivity contribution < 1.29 is 9.21 Å². The van der Waals surface area contributed by atoms with Gasteiger partial charge in [-0.25, -0.2) is 0 Å². The van der Waals surface area contributed by atoms with Gasteiger partial charge in [-0.1, -0.05) is 0 Å². The molecule has 1 saturated carbocycles. The molecule has 2 aromatic heterocycles. The van der Waals surface area contributed by atoms with E-state index < -0.39 is 0 Å². The quantitative estimate of drug-likeness (QED) is 0.937. The Balaban J connectivity index is 1.45. The van der Waals surface area contributed by atoms with Crippen LogP contribution in [0.15, 0.2) is 28.9 Å². The lowest BCUT2D eigenvalue weighted by molar-refractivity contribution is -0.133. The van der Waals surface area contributed by atoms with Crippen molar-refractivity contribution >= 4 is 11.7 Å². The molecule has 0 bridgehead atoms. The summed E-state index contributed by atoms with van der Waals surface area (Å²) in [5.74, 6) is 2.28. The van der Waals surface area contributed by atoms with Crippen LogP contribution in [0.1, 0.15) is 36.3 Å². The molecular weight excluding hydrogens is 292 g/mol. The van der Waals surface area contributed by atoms with Gasteiger partial charge in [-0.15, -0.1) is 5.10 Å². The molecule has 1 aliphatic carbocycles. The molecule has 0 spiro atoms. The van der Waals surface area contributed by atoms with E-state index in [0.29, 0.717) is 6.54 Å². The third-order valence-corrected chi connectivity index (χ3v) is 4.63. The van der Waals surface area contributed by atoms with Gasteiger partial charge in [0.15, 0.2) is 0 Å². The van der Waals surface area contributed by atoms with Gasteiger partial charge in [0.2, 0.25) is 5.91 Å². The van der Waals surface area contributed by atoms with E-state index in [1.807, 2.05) is 30.0 Å². The lowest BCUT2D eigenvalue weighted by Crippen LogP contribution is -2.37. The Morgan fingerprint density at radius 1 is 1.48 bits per heavy atom. The third-order valence-electron chi connectivity index (χ3n) is 4.63. The van der Waals surface area contributed by atoms with Crippen LogP contribution in [-0.2, 0) is 17.8 Å². The summed E-state index contributed by atoms with van der Waals surface area (Å²) in [6.07, 6.45) is 3.35. The predicted molar refractivity (Wildman–Crippen MR) is 84.9 cm³/mol. The van der Waals surface area contributed by atoms with Crippen molar-refractivity contribution in [2.45, 2.75) is 32.2 Å². The summed E-state index contributed by atoms with van der Waals surface area (Å²) in [5, 5.41) is 11.6. The number of fused-ring (bicyclic) bond motifs is 1. The van der Waals surface area contributed by atoms with Gasteiger partial charge in [0, 0.05) is 37.9 Å². The van der Waals surface area contributed by atoms with Crippen LogP contribution in [0.2, 0.25) is 0 Å². The Morgan fingerprint density at radius 2 is 2.39 bits per heavy atom. The molecule has 0 saturated heterocycles. The molecular formula is C17H20N4O2. The van der Waals surface area contributed by atoms with E-state index in [1.54, 1.807) is 6.26 Å². The first-order valence-corrected chi connectivity index (χ1v) is 8.17. The summed E-state index contributed by atoms with van der Waals surface area (Å²) >= 11 is 0. The fourth-order valence-electron chi connectivity index (χ4n) is 3.30. The Morgan fingerprint density at radius 3 is 3.17 bits per heavy atom. The van der Waals surface area contributed by atoms with Crippen molar-refractivity contribution in [2.75, 3.05) is 18.4 Å². The van der Waals surface area contributed by atoms with Crippen molar-refractivity contribution in [1.82, 2.24) is 15.1 Å². The molecule has 2 aliphatic rings. The zero-order chi connectivity index (χ0) is 15.8. The van der Waals surface area contributed by atoms with E-state index in [2.05, 4.69) is 15.5 Å². The monoisotopic (exact) mass is 312 g/mol. The highest BCUT2D eigenvalue weighted by Crippen LogP contribution is 2.48. The average Bonchev–Trinajstić information content (AvgIpc) is 3.18. The van der Waals surface area contributed by atoms with Crippen LogP contribution in [0.3, 0.4) is 0 Å². The second-order valence-corrected chi connectivity index (χ2v) is 6.21.